The van der Waals surface area contributed by atoms with E-state index >= 15 is 0 Å². The Balaban J connectivity index is 2.11. The maximum Gasteiger partial charge on any atom is 0.108 e. The Morgan fingerprint density at radius 1 is 1.31 bits per heavy atom. The van der Waals surface area contributed by atoms with Gasteiger partial charge in [-0.05, 0) is 12.1 Å². The molecule has 0 fully saturated rings. The minimum Gasteiger partial charge on any atom is -0.390 e. The predicted molar refractivity (Wildman–Crippen MR) is 54.0 cm³/mol. The first-order chi connectivity index (χ1) is 7.81. The molecule has 0 aromatic carbocycles. The Labute approximate surface area is 91.8 Å². The first-order valence-electron chi connectivity index (χ1n) is 4.66. The van der Waals surface area contributed by atoms with Crippen LogP contribution in [0.5, 0.6) is 0 Å². The van der Waals surface area contributed by atoms with E-state index in [-0.39, 0.29) is 6.61 Å². The highest BCUT2D eigenvalue weighted by molar-refractivity contribution is 5.26. The Morgan fingerprint density at radius 2 is 2.19 bits per heavy atom. The van der Waals surface area contributed by atoms with Crippen molar-refractivity contribution in [1.82, 2.24) is 20.0 Å². The van der Waals surface area contributed by atoms with Crippen molar-refractivity contribution in [3.05, 3.63) is 41.5 Å². The van der Waals surface area contributed by atoms with Gasteiger partial charge in [-0.15, -0.1) is 0 Å². The first kappa shape index (κ1) is 10.3. The quantitative estimate of drug-likeness (QED) is 0.783. The molecular weight excluding hydrogens is 206 g/mol. The molecule has 0 bridgehead atoms. The van der Waals surface area contributed by atoms with E-state index in [4.69, 9.17) is 10.4 Å². The van der Waals surface area contributed by atoms with E-state index in [1.54, 1.807) is 12.1 Å². The average Bonchev–Trinajstić information content (AvgIpc) is 2.78. The number of aromatic nitrogens is 4. The lowest BCUT2D eigenvalue weighted by Crippen LogP contribution is -2.05. The second-order valence-corrected chi connectivity index (χ2v) is 3.17. The third-order valence-corrected chi connectivity index (χ3v) is 2.00. The molecule has 16 heavy (non-hydrogen) atoms. The molecule has 0 atom stereocenters. The molecule has 2 aromatic heterocycles. The fourth-order valence-electron chi connectivity index (χ4n) is 1.21. The van der Waals surface area contributed by atoms with Crippen molar-refractivity contribution >= 4 is 0 Å². The number of nitriles is 1. The normalized spacial score (nSPS) is 10.0. The van der Waals surface area contributed by atoms with Gasteiger partial charge in [0.05, 0.1) is 24.1 Å². The largest absolute Gasteiger partial charge is 0.390 e. The van der Waals surface area contributed by atoms with Crippen LogP contribution in [0.25, 0.3) is 0 Å². The number of aliphatic hydroxyl groups excluding tert-OH is 1. The Morgan fingerprint density at radius 3 is 2.75 bits per heavy atom. The second-order valence-electron chi connectivity index (χ2n) is 3.17. The van der Waals surface area contributed by atoms with E-state index in [1.165, 1.54) is 17.2 Å². The third-order valence-electron chi connectivity index (χ3n) is 2.00. The molecule has 0 saturated heterocycles. The molecule has 0 aliphatic carbocycles. The van der Waals surface area contributed by atoms with Crippen LogP contribution in [0.1, 0.15) is 17.0 Å². The minimum atomic E-state index is -0.124. The molecule has 80 valence electrons. The van der Waals surface area contributed by atoms with E-state index in [9.17, 15) is 0 Å². The predicted octanol–water partition coefficient (Wildman–Crippen LogP) is 0.0854. The third kappa shape index (κ3) is 2.21. The Bertz CT molecular complexity index is 511. The van der Waals surface area contributed by atoms with Gasteiger partial charge in [-0.3, -0.25) is 4.98 Å². The van der Waals surface area contributed by atoms with Crippen molar-refractivity contribution in [1.29, 1.82) is 5.26 Å². The lowest BCUT2D eigenvalue weighted by molar-refractivity contribution is 0.275. The molecule has 0 amide bonds. The second kappa shape index (κ2) is 4.51. The molecule has 2 aromatic rings. The van der Waals surface area contributed by atoms with Crippen LogP contribution in [-0.2, 0) is 13.2 Å². The Kier molecular flexibility index (Phi) is 2.89. The average molecular weight is 215 g/mol. The summed E-state index contributed by atoms with van der Waals surface area (Å²) in [6, 6.07) is 5.44. The highest BCUT2D eigenvalue weighted by Gasteiger charge is 2.01. The van der Waals surface area contributed by atoms with Crippen molar-refractivity contribution in [2.75, 3.05) is 0 Å². The minimum absolute atomic E-state index is 0.124. The van der Waals surface area contributed by atoms with Gasteiger partial charge >= 0.3 is 0 Å². The smallest absolute Gasteiger partial charge is 0.108 e. The van der Waals surface area contributed by atoms with Crippen LogP contribution in [0, 0.1) is 11.3 Å². The van der Waals surface area contributed by atoms with Gasteiger partial charge in [-0.1, -0.05) is 0 Å². The van der Waals surface area contributed by atoms with Crippen LogP contribution in [0.4, 0.5) is 0 Å². The number of hydrogen-bond donors (Lipinski definition) is 1. The summed E-state index contributed by atoms with van der Waals surface area (Å²) >= 11 is 0. The highest BCUT2D eigenvalue weighted by atomic mass is 16.3. The van der Waals surface area contributed by atoms with Gasteiger partial charge in [-0.2, -0.15) is 20.3 Å². The van der Waals surface area contributed by atoms with Gasteiger partial charge in [-0.25, -0.2) is 0 Å². The van der Waals surface area contributed by atoms with Crippen LogP contribution < -0.4 is 0 Å². The van der Waals surface area contributed by atoms with Crippen molar-refractivity contribution in [3.8, 4) is 6.07 Å². The lowest BCUT2D eigenvalue weighted by Gasteiger charge is -1.98. The first-order valence-corrected chi connectivity index (χ1v) is 4.66. The Hall–Kier alpha value is -2.26. The van der Waals surface area contributed by atoms with Crippen LogP contribution in [0.15, 0.2) is 24.5 Å². The number of nitrogens with zero attached hydrogens (tertiary/aromatic N) is 5. The van der Waals surface area contributed by atoms with Crippen molar-refractivity contribution in [2.24, 2.45) is 0 Å². The fraction of sp³-hybridized carbons (Fsp3) is 0.200. The van der Waals surface area contributed by atoms with Crippen LogP contribution in [0.3, 0.4) is 0 Å². The number of aliphatic hydroxyl groups is 1. The van der Waals surface area contributed by atoms with E-state index in [0.717, 1.165) is 5.69 Å². The zero-order valence-corrected chi connectivity index (χ0v) is 8.41. The summed E-state index contributed by atoms with van der Waals surface area (Å²) < 4.78 is 0. The van der Waals surface area contributed by atoms with Crippen LogP contribution in [0.2, 0.25) is 0 Å². The molecule has 2 heterocycles. The summed E-state index contributed by atoms with van der Waals surface area (Å²) in [5.41, 5.74) is 1.81. The van der Waals surface area contributed by atoms with Crippen molar-refractivity contribution in [2.45, 2.75) is 13.2 Å². The molecule has 0 saturated carbocycles. The summed E-state index contributed by atoms with van der Waals surface area (Å²) in [4.78, 5) is 5.54. The standard InChI is InChI=1S/C10H9N5O/c11-3-8-1-2-9(12-4-8)6-15-13-5-10(7-16)14-15/h1-2,4-5,16H,6-7H2. The lowest BCUT2D eigenvalue weighted by atomic mass is 10.3. The monoisotopic (exact) mass is 215 g/mol. The molecule has 0 radical (unpaired) electrons. The number of pyridine rings is 1. The molecule has 2 rings (SSSR count). The molecule has 6 heteroatoms. The van der Waals surface area contributed by atoms with Crippen LogP contribution in [-0.4, -0.2) is 25.1 Å². The summed E-state index contributed by atoms with van der Waals surface area (Å²) in [6.45, 7) is 0.298. The molecule has 1 N–H and O–H groups in total. The SMILES string of the molecule is N#Cc1ccc(Cn2ncc(CO)n2)nc1. The summed E-state index contributed by atoms with van der Waals surface area (Å²) in [6.07, 6.45) is 3.01. The van der Waals surface area contributed by atoms with E-state index in [0.29, 0.717) is 17.8 Å². The van der Waals surface area contributed by atoms with Gasteiger partial charge in [0, 0.05) is 6.20 Å². The summed E-state index contributed by atoms with van der Waals surface area (Å²) in [5, 5.41) is 25.4. The van der Waals surface area contributed by atoms with Crippen molar-refractivity contribution < 1.29 is 5.11 Å². The topological polar surface area (TPSA) is 87.6 Å². The number of rotatable bonds is 3. The van der Waals surface area contributed by atoms with Gasteiger partial charge < -0.3 is 5.11 Å². The molecule has 0 aliphatic rings. The van der Waals surface area contributed by atoms with E-state index < -0.39 is 0 Å². The highest BCUT2D eigenvalue weighted by Crippen LogP contribution is 2.01. The van der Waals surface area contributed by atoms with Gasteiger partial charge in [0.25, 0.3) is 0 Å². The van der Waals surface area contributed by atoms with Gasteiger partial charge in [0.15, 0.2) is 0 Å². The molecule has 6 nitrogen and oxygen atoms in total. The van der Waals surface area contributed by atoms with Gasteiger partial charge in [0.2, 0.25) is 0 Å². The summed E-state index contributed by atoms with van der Waals surface area (Å²) in [7, 11) is 0. The van der Waals surface area contributed by atoms with E-state index in [2.05, 4.69) is 15.2 Å². The van der Waals surface area contributed by atoms with Crippen LogP contribution >= 0.6 is 0 Å². The molecular formula is C10H9N5O. The molecule has 0 spiro atoms. The summed E-state index contributed by atoms with van der Waals surface area (Å²) in [5.74, 6) is 0. The molecule has 0 aliphatic heterocycles. The van der Waals surface area contributed by atoms with Crippen molar-refractivity contribution in [3.63, 3.8) is 0 Å². The molecule has 0 unspecified atom stereocenters. The number of hydrogen-bond acceptors (Lipinski definition) is 5. The maximum atomic E-state index is 8.82. The fourth-order valence-corrected chi connectivity index (χ4v) is 1.21. The zero-order chi connectivity index (χ0) is 11.4. The maximum absolute atomic E-state index is 8.82. The zero-order valence-electron chi connectivity index (χ0n) is 8.41. The van der Waals surface area contributed by atoms with E-state index in [1.807, 2.05) is 6.07 Å². The van der Waals surface area contributed by atoms with Gasteiger partial charge in [0.1, 0.15) is 18.3 Å².